The van der Waals surface area contributed by atoms with Crippen LogP contribution in [0.3, 0.4) is 0 Å². The van der Waals surface area contributed by atoms with Gasteiger partial charge in [-0.25, -0.2) is 9.59 Å². The molecule has 5 nitrogen and oxygen atoms in total. The molecule has 0 heterocycles. The average molecular weight is 212 g/mol. The van der Waals surface area contributed by atoms with Crippen LogP contribution in [-0.4, -0.2) is 24.6 Å². The summed E-state index contributed by atoms with van der Waals surface area (Å²) in [5.74, 6) is 0.750. The lowest BCUT2D eigenvalue weighted by Crippen LogP contribution is -2.23. The van der Waals surface area contributed by atoms with E-state index >= 15 is 0 Å². The maximum atomic E-state index is 10.9. The van der Waals surface area contributed by atoms with Crippen LogP contribution in [0.2, 0.25) is 0 Å². The highest BCUT2D eigenvalue weighted by molar-refractivity contribution is 5.91. The third-order valence-electron chi connectivity index (χ3n) is 1.24. The lowest BCUT2D eigenvalue weighted by atomic mass is 10.2. The van der Waals surface area contributed by atoms with E-state index in [0.29, 0.717) is 0 Å². The van der Waals surface area contributed by atoms with Gasteiger partial charge in [0.05, 0.1) is 7.11 Å². The summed E-state index contributed by atoms with van der Waals surface area (Å²) in [6, 6.07) is 0. The molecule has 0 aliphatic carbocycles. The third-order valence-corrected chi connectivity index (χ3v) is 1.24. The van der Waals surface area contributed by atoms with Gasteiger partial charge < -0.3 is 4.74 Å². The molecule has 0 bridgehead atoms. The zero-order chi connectivity index (χ0) is 11.9. The Morgan fingerprint density at radius 2 is 1.80 bits per heavy atom. The Bertz CT molecular complexity index is 308. The molecule has 0 amide bonds. The molecule has 0 fully saturated rings. The number of rotatable bonds is 4. The predicted molar refractivity (Wildman–Crippen MR) is 51.2 cm³/mol. The van der Waals surface area contributed by atoms with Crippen LogP contribution in [0.4, 0.5) is 0 Å². The third kappa shape index (κ3) is 6.29. The van der Waals surface area contributed by atoms with Crippen molar-refractivity contribution in [3.63, 3.8) is 0 Å². The molecule has 15 heavy (non-hydrogen) atoms. The van der Waals surface area contributed by atoms with E-state index in [0.717, 1.165) is 12.2 Å². The summed E-state index contributed by atoms with van der Waals surface area (Å²) in [6.45, 7) is 3.09. The van der Waals surface area contributed by atoms with Gasteiger partial charge in [0.25, 0.3) is 0 Å². The summed E-state index contributed by atoms with van der Waals surface area (Å²) in [7, 11) is 1.19. The zero-order valence-electron chi connectivity index (χ0n) is 8.77. The second-order valence-corrected chi connectivity index (χ2v) is 3.00. The molecule has 0 aliphatic rings. The van der Waals surface area contributed by atoms with Crippen LogP contribution in [-0.2, 0) is 24.1 Å². The summed E-state index contributed by atoms with van der Waals surface area (Å²) in [5, 5.41) is 0. The first kappa shape index (κ1) is 13.2. The second kappa shape index (κ2) is 5.83. The van der Waals surface area contributed by atoms with Crippen molar-refractivity contribution in [2.24, 2.45) is 0 Å². The fraction of sp³-hybridized carbons (Fsp3) is 0.400. The molecule has 0 unspecified atom stereocenters. The predicted octanol–water partition coefficient (Wildman–Crippen LogP) is 0.602. The SMILES string of the molecule is C#CC(C)(C)OOC(=O)C=CC(=O)OC. The van der Waals surface area contributed by atoms with Crippen molar-refractivity contribution in [2.45, 2.75) is 19.4 Å². The summed E-state index contributed by atoms with van der Waals surface area (Å²) < 4.78 is 4.26. The highest BCUT2D eigenvalue weighted by Crippen LogP contribution is 2.07. The monoisotopic (exact) mass is 212 g/mol. The molecule has 0 aromatic rings. The van der Waals surface area contributed by atoms with Crippen LogP contribution >= 0.6 is 0 Å². The van der Waals surface area contributed by atoms with Gasteiger partial charge in [0, 0.05) is 12.2 Å². The first-order valence-electron chi connectivity index (χ1n) is 4.04. The van der Waals surface area contributed by atoms with Gasteiger partial charge in [-0.05, 0) is 13.8 Å². The average Bonchev–Trinajstić information content (AvgIpc) is 2.23. The molecule has 0 rings (SSSR count). The van der Waals surface area contributed by atoms with Gasteiger partial charge in [-0.1, -0.05) is 5.92 Å². The first-order valence-corrected chi connectivity index (χ1v) is 4.04. The number of methoxy groups -OCH3 is 1. The van der Waals surface area contributed by atoms with Crippen molar-refractivity contribution in [3.8, 4) is 12.3 Å². The number of ether oxygens (including phenoxy) is 1. The van der Waals surface area contributed by atoms with Crippen molar-refractivity contribution >= 4 is 11.9 Å². The lowest BCUT2D eigenvalue weighted by Gasteiger charge is -2.14. The highest BCUT2D eigenvalue weighted by Gasteiger charge is 2.17. The Morgan fingerprint density at radius 3 is 2.27 bits per heavy atom. The quantitative estimate of drug-likeness (QED) is 0.224. The van der Waals surface area contributed by atoms with Crippen LogP contribution in [0.15, 0.2) is 12.2 Å². The van der Waals surface area contributed by atoms with E-state index in [1.807, 2.05) is 0 Å². The maximum Gasteiger partial charge on any atom is 0.366 e. The lowest BCUT2D eigenvalue weighted by molar-refractivity contribution is -0.306. The summed E-state index contributed by atoms with van der Waals surface area (Å²) >= 11 is 0. The Hall–Kier alpha value is -1.80. The standard InChI is InChI=1S/C10H12O5/c1-5-10(2,3)15-14-9(12)7-6-8(11)13-4/h1,6-7H,2-4H3. The Kier molecular flexibility index (Phi) is 5.13. The second-order valence-electron chi connectivity index (χ2n) is 3.00. The number of hydrogen-bond donors (Lipinski definition) is 0. The molecule has 0 aromatic heterocycles. The van der Waals surface area contributed by atoms with Crippen molar-refractivity contribution < 1.29 is 24.1 Å². The van der Waals surface area contributed by atoms with Gasteiger partial charge in [-0.15, -0.1) is 6.42 Å². The summed E-state index contributed by atoms with van der Waals surface area (Å²) in [5.41, 5.74) is -1.01. The van der Waals surface area contributed by atoms with Gasteiger partial charge in [-0.3, -0.25) is 4.89 Å². The Labute approximate surface area is 87.9 Å². The molecule has 82 valence electrons. The van der Waals surface area contributed by atoms with Crippen molar-refractivity contribution in [2.75, 3.05) is 7.11 Å². The molecular weight excluding hydrogens is 200 g/mol. The number of terminal acetylenes is 1. The van der Waals surface area contributed by atoms with E-state index < -0.39 is 17.5 Å². The Morgan fingerprint density at radius 1 is 1.27 bits per heavy atom. The van der Waals surface area contributed by atoms with Crippen LogP contribution in [0.1, 0.15) is 13.8 Å². The van der Waals surface area contributed by atoms with Gasteiger partial charge in [-0.2, -0.15) is 4.89 Å². The van der Waals surface area contributed by atoms with E-state index in [1.54, 1.807) is 13.8 Å². The van der Waals surface area contributed by atoms with E-state index in [4.69, 9.17) is 6.42 Å². The van der Waals surface area contributed by atoms with Crippen molar-refractivity contribution in [1.29, 1.82) is 0 Å². The number of esters is 1. The van der Waals surface area contributed by atoms with E-state index in [1.165, 1.54) is 7.11 Å². The van der Waals surface area contributed by atoms with Crippen LogP contribution in [0.25, 0.3) is 0 Å². The molecule has 0 N–H and O–H groups in total. The van der Waals surface area contributed by atoms with Crippen LogP contribution in [0, 0.1) is 12.3 Å². The maximum absolute atomic E-state index is 10.9. The summed E-state index contributed by atoms with van der Waals surface area (Å²) in [4.78, 5) is 30.4. The topological polar surface area (TPSA) is 61.8 Å². The molecule has 5 heteroatoms. The minimum Gasteiger partial charge on any atom is -0.466 e. The van der Waals surface area contributed by atoms with Crippen LogP contribution in [0.5, 0.6) is 0 Å². The number of hydrogen-bond acceptors (Lipinski definition) is 5. The highest BCUT2D eigenvalue weighted by atomic mass is 17.2. The zero-order valence-corrected chi connectivity index (χ0v) is 8.77. The van der Waals surface area contributed by atoms with E-state index in [2.05, 4.69) is 20.4 Å². The largest absolute Gasteiger partial charge is 0.466 e. The molecule has 0 aromatic carbocycles. The molecule has 0 radical (unpaired) electrons. The number of carbonyl (C=O) groups excluding carboxylic acids is 2. The van der Waals surface area contributed by atoms with E-state index in [-0.39, 0.29) is 0 Å². The van der Waals surface area contributed by atoms with Crippen molar-refractivity contribution in [1.82, 2.24) is 0 Å². The van der Waals surface area contributed by atoms with Gasteiger partial charge in [0.15, 0.2) is 5.60 Å². The van der Waals surface area contributed by atoms with Gasteiger partial charge in [0.2, 0.25) is 0 Å². The molecule has 0 atom stereocenters. The minimum absolute atomic E-state index is 0.664. The smallest absolute Gasteiger partial charge is 0.366 e. The van der Waals surface area contributed by atoms with Gasteiger partial charge in [0.1, 0.15) is 0 Å². The van der Waals surface area contributed by atoms with E-state index in [9.17, 15) is 9.59 Å². The molecule has 0 saturated carbocycles. The number of carbonyl (C=O) groups is 2. The van der Waals surface area contributed by atoms with Crippen LogP contribution < -0.4 is 0 Å². The fourth-order valence-electron chi connectivity index (χ4n) is 0.401. The molecule has 0 saturated heterocycles. The summed E-state index contributed by atoms with van der Waals surface area (Å²) in [6.07, 6.45) is 6.86. The molecule has 0 aliphatic heterocycles. The van der Waals surface area contributed by atoms with Crippen molar-refractivity contribution in [3.05, 3.63) is 12.2 Å². The minimum atomic E-state index is -1.01. The van der Waals surface area contributed by atoms with Gasteiger partial charge >= 0.3 is 11.9 Å². The normalized spacial score (nSPS) is 10.8. The molecular formula is C10H12O5. The fourth-order valence-corrected chi connectivity index (χ4v) is 0.401. The first-order chi connectivity index (χ1) is 6.91. The Balaban J connectivity index is 4.03. The molecule has 0 spiro atoms.